The number of hydrogen-bond donors (Lipinski definition) is 5. The lowest BCUT2D eigenvalue weighted by molar-refractivity contribution is 0.0925. The van der Waals surface area contributed by atoms with Crippen LogP contribution in [0.3, 0.4) is 0 Å². The molecule has 2 aromatic rings. The van der Waals surface area contributed by atoms with Crippen LogP contribution in [-0.4, -0.2) is 43.3 Å². The summed E-state index contributed by atoms with van der Waals surface area (Å²) < 4.78 is 0. The smallest absolute Gasteiger partial charge is 0.319 e. The molecule has 2 heterocycles. The molecule has 0 radical (unpaired) electrons. The van der Waals surface area contributed by atoms with E-state index >= 15 is 0 Å². The molecule has 0 fully saturated rings. The Morgan fingerprint density at radius 1 is 1.43 bits per heavy atom. The molecular formula is C14H18N4O3S2. The number of aliphatic hydroxyl groups excluding tert-OH is 1. The molecule has 1 unspecified atom stereocenters. The van der Waals surface area contributed by atoms with Gasteiger partial charge < -0.3 is 26.8 Å². The van der Waals surface area contributed by atoms with E-state index in [0.29, 0.717) is 10.6 Å². The number of carbonyl (C=O) groups excluding carboxylic acids is 2. The monoisotopic (exact) mass is 354 g/mol. The number of rotatable bonds is 6. The fraction of sp³-hybridized carbons (Fsp3) is 0.286. The fourth-order valence-electron chi connectivity index (χ4n) is 1.76. The number of anilines is 1. The van der Waals surface area contributed by atoms with Gasteiger partial charge in [-0.25, -0.2) is 4.79 Å². The van der Waals surface area contributed by atoms with Crippen molar-refractivity contribution in [3.8, 4) is 10.4 Å². The molecule has 6 N–H and O–H groups in total. The second kappa shape index (κ2) is 8.06. The van der Waals surface area contributed by atoms with Crippen molar-refractivity contribution in [2.24, 2.45) is 5.73 Å². The minimum Gasteiger partial charge on any atom is -0.390 e. The van der Waals surface area contributed by atoms with Crippen LogP contribution < -0.4 is 21.7 Å². The van der Waals surface area contributed by atoms with Crippen molar-refractivity contribution >= 4 is 40.3 Å². The van der Waals surface area contributed by atoms with Crippen LogP contribution >= 0.6 is 22.7 Å². The third-order valence-corrected chi connectivity index (χ3v) is 4.86. The summed E-state index contributed by atoms with van der Waals surface area (Å²) in [5.41, 5.74) is 6.73. The number of nitrogens with one attached hydrogen (secondary N) is 3. The molecule has 124 valence electrons. The van der Waals surface area contributed by atoms with E-state index in [1.54, 1.807) is 17.4 Å². The van der Waals surface area contributed by atoms with E-state index in [2.05, 4.69) is 16.0 Å². The third-order valence-electron chi connectivity index (χ3n) is 2.99. The molecule has 0 spiro atoms. The molecule has 0 saturated carbocycles. The second-order valence-electron chi connectivity index (χ2n) is 4.67. The number of urea groups is 1. The number of aliphatic hydroxyl groups is 1. The van der Waals surface area contributed by atoms with Crippen molar-refractivity contribution < 1.29 is 14.7 Å². The zero-order valence-electron chi connectivity index (χ0n) is 12.5. The Hall–Kier alpha value is -1.94. The van der Waals surface area contributed by atoms with E-state index in [1.807, 2.05) is 16.8 Å². The summed E-state index contributed by atoms with van der Waals surface area (Å²) in [6, 6.07) is 3.30. The fourth-order valence-corrected chi connectivity index (χ4v) is 3.52. The molecule has 3 amide bonds. The van der Waals surface area contributed by atoms with Gasteiger partial charge in [0.1, 0.15) is 4.88 Å². The van der Waals surface area contributed by atoms with Gasteiger partial charge in [-0.1, -0.05) is 0 Å². The van der Waals surface area contributed by atoms with E-state index in [0.717, 1.165) is 10.4 Å². The zero-order chi connectivity index (χ0) is 16.8. The Balaban J connectivity index is 2.24. The Kier molecular flexibility index (Phi) is 6.11. The first-order chi connectivity index (χ1) is 11.0. The van der Waals surface area contributed by atoms with Gasteiger partial charge in [-0.05, 0) is 22.9 Å². The van der Waals surface area contributed by atoms with Gasteiger partial charge in [0.25, 0.3) is 5.91 Å². The molecule has 7 nitrogen and oxygen atoms in total. The highest BCUT2D eigenvalue weighted by Crippen LogP contribution is 2.35. The molecular weight excluding hydrogens is 336 g/mol. The number of amides is 3. The highest BCUT2D eigenvalue weighted by Gasteiger charge is 2.19. The maximum Gasteiger partial charge on any atom is 0.319 e. The Morgan fingerprint density at radius 3 is 2.83 bits per heavy atom. The molecule has 23 heavy (non-hydrogen) atoms. The zero-order valence-corrected chi connectivity index (χ0v) is 14.1. The van der Waals surface area contributed by atoms with Crippen LogP contribution in [0.1, 0.15) is 9.67 Å². The molecule has 0 saturated heterocycles. The Bertz CT molecular complexity index is 670. The molecule has 9 heteroatoms. The second-order valence-corrected chi connectivity index (χ2v) is 6.50. The van der Waals surface area contributed by atoms with Gasteiger partial charge in [0.05, 0.1) is 11.8 Å². The summed E-state index contributed by atoms with van der Waals surface area (Å²) in [7, 11) is 1.50. The van der Waals surface area contributed by atoms with E-state index in [4.69, 9.17) is 5.73 Å². The van der Waals surface area contributed by atoms with Crippen LogP contribution in [0.2, 0.25) is 0 Å². The van der Waals surface area contributed by atoms with Gasteiger partial charge >= 0.3 is 6.03 Å². The summed E-state index contributed by atoms with van der Waals surface area (Å²) >= 11 is 2.83. The Labute approximate surface area is 141 Å². The van der Waals surface area contributed by atoms with Crippen LogP contribution in [0.4, 0.5) is 10.5 Å². The highest BCUT2D eigenvalue weighted by atomic mass is 32.1. The maximum atomic E-state index is 12.3. The van der Waals surface area contributed by atoms with Crippen LogP contribution in [0.25, 0.3) is 10.4 Å². The van der Waals surface area contributed by atoms with E-state index in [-0.39, 0.29) is 19.0 Å². The van der Waals surface area contributed by atoms with E-state index < -0.39 is 12.1 Å². The predicted octanol–water partition coefficient (Wildman–Crippen LogP) is 1.28. The van der Waals surface area contributed by atoms with Gasteiger partial charge in [-0.2, -0.15) is 11.3 Å². The predicted molar refractivity (Wildman–Crippen MR) is 93.1 cm³/mol. The number of hydrogen-bond acceptors (Lipinski definition) is 6. The Morgan fingerprint density at radius 2 is 2.22 bits per heavy atom. The van der Waals surface area contributed by atoms with E-state index in [9.17, 15) is 14.7 Å². The molecule has 2 rings (SSSR count). The molecule has 1 atom stereocenters. The van der Waals surface area contributed by atoms with Crippen LogP contribution in [0.15, 0.2) is 22.9 Å². The first-order valence-electron chi connectivity index (χ1n) is 6.86. The average molecular weight is 354 g/mol. The number of thiophene rings is 2. The normalized spacial score (nSPS) is 11.8. The summed E-state index contributed by atoms with van der Waals surface area (Å²) in [6.45, 7) is 0.120. The minimum absolute atomic E-state index is 0.0560. The van der Waals surface area contributed by atoms with Crippen molar-refractivity contribution in [1.82, 2.24) is 10.6 Å². The van der Waals surface area contributed by atoms with Crippen LogP contribution in [0.5, 0.6) is 0 Å². The van der Waals surface area contributed by atoms with Crippen molar-refractivity contribution in [3.05, 3.63) is 27.8 Å². The number of carbonyl (C=O) groups is 2. The quantitative estimate of drug-likeness (QED) is 0.537. The molecule has 0 aliphatic carbocycles. The summed E-state index contributed by atoms with van der Waals surface area (Å²) in [5, 5.41) is 21.1. The summed E-state index contributed by atoms with van der Waals surface area (Å²) in [5.74, 6) is -0.365. The summed E-state index contributed by atoms with van der Waals surface area (Å²) in [4.78, 5) is 25.1. The molecule has 0 bridgehead atoms. The van der Waals surface area contributed by atoms with Gasteiger partial charge in [-0.15, -0.1) is 11.3 Å². The lowest BCUT2D eigenvalue weighted by Gasteiger charge is -2.10. The van der Waals surface area contributed by atoms with Gasteiger partial charge in [-0.3, -0.25) is 4.79 Å². The van der Waals surface area contributed by atoms with Crippen LogP contribution in [-0.2, 0) is 0 Å². The van der Waals surface area contributed by atoms with E-state index in [1.165, 1.54) is 18.4 Å². The minimum atomic E-state index is -0.800. The van der Waals surface area contributed by atoms with Gasteiger partial charge in [0.15, 0.2) is 0 Å². The van der Waals surface area contributed by atoms with Gasteiger partial charge in [0, 0.05) is 30.6 Å². The highest BCUT2D eigenvalue weighted by molar-refractivity contribution is 7.18. The van der Waals surface area contributed by atoms with Crippen LogP contribution in [0, 0.1) is 0 Å². The summed E-state index contributed by atoms with van der Waals surface area (Å²) in [6.07, 6.45) is -0.800. The molecule has 0 aromatic carbocycles. The van der Waals surface area contributed by atoms with Crippen molar-refractivity contribution in [3.63, 3.8) is 0 Å². The first-order valence-corrected chi connectivity index (χ1v) is 8.62. The standard InChI is InChI=1S/C14H18N4O3S2/c1-16-14(21)18-10-4-11(8-2-3-22-7-8)23-12(10)13(20)17-6-9(19)5-15/h2-4,7,9,19H,5-6,15H2,1H3,(H,17,20)(H2,16,18,21). The lowest BCUT2D eigenvalue weighted by atomic mass is 10.2. The maximum absolute atomic E-state index is 12.3. The molecule has 0 aliphatic rings. The third kappa shape index (κ3) is 4.52. The number of nitrogens with two attached hydrogens (primary N) is 1. The SMILES string of the molecule is CNC(=O)Nc1cc(-c2ccsc2)sc1C(=O)NCC(O)CN. The van der Waals surface area contributed by atoms with Crippen molar-refractivity contribution in [2.45, 2.75) is 6.10 Å². The molecule has 2 aromatic heterocycles. The largest absolute Gasteiger partial charge is 0.390 e. The van der Waals surface area contributed by atoms with Crippen molar-refractivity contribution in [2.75, 3.05) is 25.5 Å². The average Bonchev–Trinajstić information content (AvgIpc) is 3.21. The first kappa shape index (κ1) is 17.4. The molecule has 0 aliphatic heterocycles. The van der Waals surface area contributed by atoms with Crippen molar-refractivity contribution in [1.29, 1.82) is 0 Å². The lowest BCUT2D eigenvalue weighted by Crippen LogP contribution is -2.36. The van der Waals surface area contributed by atoms with Gasteiger partial charge in [0.2, 0.25) is 0 Å². The topological polar surface area (TPSA) is 116 Å².